The van der Waals surface area contributed by atoms with Crippen molar-refractivity contribution in [3.8, 4) is 11.5 Å². The van der Waals surface area contributed by atoms with Gasteiger partial charge < -0.3 is 20.5 Å². The highest BCUT2D eigenvalue weighted by molar-refractivity contribution is 6.31. The summed E-state index contributed by atoms with van der Waals surface area (Å²) in [4.78, 5) is 10.9. The van der Waals surface area contributed by atoms with Crippen molar-refractivity contribution in [2.24, 2.45) is 5.73 Å². The Morgan fingerprint density at radius 1 is 1.12 bits per heavy atom. The fourth-order valence-electron chi connectivity index (χ4n) is 2.14. The molecule has 0 unspecified atom stereocenters. The molecule has 0 aliphatic rings. The van der Waals surface area contributed by atoms with Gasteiger partial charge in [-0.2, -0.15) is 0 Å². The number of halogens is 2. The van der Waals surface area contributed by atoms with Gasteiger partial charge in [-0.1, -0.05) is 41.9 Å². The highest BCUT2D eigenvalue weighted by Gasteiger charge is 2.11. The van der Waals surface area contributed by atoms with E-state index in [0.29, 0.717) is 24.6 Å². The van der Waals surface area contributed by atoms with Gasteiger partial charge in [-0.25, -0.2) is 0 Å². The van der Waals surface area contributed by atoms with Gasteiger partial charge in [-0.05, 0) is 17.7 Å². The first-order valence-corrected chi connectivity index (χ1v) is 7.50. The number of nitrogens with two attached hydrogens (primary N) is 1. The number of nitrogens with one attached hydrogen (secondary N) is 1. The van der Waals surface area contributed by atoms with Crippen LogP contribution in [-0.4, -0.2) is 19.6 Å². The maximum atomic E-state index is 10.9. The molecule has 1 amide bonds. The molecule has 0 radical (unpaired) electrons. The Balaban J connectivity index is 0.00000288. The SMILES string of the molecule is COc1cccc(CNCc2ccccc2Cl)c1OCC(N)=O.Cl. The van der Waals surface area contributed by atoms with Crippen molar-refractivity contribution in [3.05, 3.63) is 58.6 Å². The summed E-state index contributed by atoms with van der Waals surface area (Å²) in [5.74, 6) is 0.537. The summed E-state index contributed by atoms with van der Waals surface area (Å²) in [6.45, 7) is 0.959. The van der Waals surface area contributed by atoms with E-state index < -0.39 is 5.91 Å². The number of hydrogen-bond acceptors (Lipinski definition) is 4. The fourth-order valence-corrected chi connectivity index (χ4v) is 2.34. The van der Waals surface area contributed by atoms with Crippen molar-refractivity contribution in [3.63, 3.8) is 0 Å². The molecular formula is C17H20Cl2N2O3. The summed E-state index contributed by atoms with van der Waals surface area (Å²) in [6, 6.07) is 13.2. The minimum absolute atomic E-state index is 0. The lowest BCUT2D eigenvalue weighted by Gasteiger charge is -2.15. The van der Waals surface area contributed by atoms with Crippen LogP contribution in [0.15, 0.2) is 42.5 Å². The minimum Gasteiger partial charge on any atom is -0.493 e. The third-order valence-electron chi connectivity index (χ3n) is 3.23. The average Bonchev–Trinajstić information content (AvgIpc) is 2.55. The number of methoxy groups -OCH3 is 1. The number of primary amides is 1. The molecule has 3 N–H and O–H groups in total. The van der Waals surface area contributed by atoms with Crippen LogP contribution in [0.4, 0.5) is 0 Å². The molecule has 0 aromatic heterocycles. The minimum atomic E-state index is -0.536. The Bertz CT molecular complexity index is 681. The van der Waals surface area contributed by atoms with Crippen molar-refractivity contribution >= 4 is 29.9 Å². The predicted molar refractivity (Wildman–Crippen MR) is 96.9 cm³/mol. The first kappa shape index (κ1) is 20.1. The van der Waals surface area contributed by atoms with Crippen molar-refractivity contribution in [1.29, 1.82) is 0 Å². The number of para-hydroxylation sites is 1. The standard InChI is InChI=1S/C17H19ClN2O3.ClH/c1-22-15-8-4-6-13(17(15)23-11-16(19)21)10-20-9-12-5-2-3-7-14(12)18;/h2-8,20H,9-11H2,1H3,(H2,19,21);1H. The monoisotopic (exact) mass is 370 g/mol. The Labute approximate surface area is 152 Å². The van der Waals surface area contributed by atoms with Crippen LogP contribution in [0.25, 0.3) is 0 Å². The van der Waals surface area contributed by atoms with Gasteiger partial charge in [-0.3, -0.25) is 4.79 Å². The number of amides is 1. The number of benzene rings is 2. The molecule has 5 nitrogen and oxygen atoms in total. The molecule has 7 heteroatoms. The maximum absolute atomic E-state index is 10.9. The van der Waals surface area contributed by atoms with Gasteiger partial charge in [0.1, 0.15) is 0 Å². The van der Waals surface area contributed by atoms with Crippen LogP contribution in [0.3, 0.4) is 0 Å². The van der Waals surface area contributed by atoms with E-state index in [4.69, 9.17) is 26.8 Å². The van der Waals surface area contributed by atoms with Crippen LogP contribution in [0.5, 0.6) is 11.5 Å². The Morgan fingerprint density at radius 3 is 2.46 bits per heavy atom. The Morgan fingerprint density at radius 2 is 1.79 bits per heavy atom. The smallest absolute Gasteiger partial charge is 0.255 e. The summed E-state index contributed by atoms with van der Waals surface area (Å²) in [7, 11) is 1.55. The highest BCUT2D eigenvalue weighted by Crippen LogP contribution is 2.31. The molecule has 0 atom stereocenters. The van der Waals surface area contributed by atoms with Crippen molar-refractivity contribution in [1.82, 2.24) is 5.32 Å². The zero-order valence-corrected chi connectivity index (χ0v) is 14.8. The summed E-state index contributed by atoms with van der Waals surface area (Å²) in [5.41, 5.74) is 7.02. The van der Waals surface area contributed by atoms with Gasteiger partial charge in [-0.15, -0.1) is 12.4 Å². The van der Waals surface area contributed by atoms with E-state index in [1.807, 2.05) is 36.4 Å². The number of carbonyl (C=O) groups excluding carboxylic acids is 1. The van der Waals surface area contributed by atoms with E-state index in [2.05, 4.69) is 5.32 Å². The van der Waals surface area contributed by atoms with E-state index in [1.54, 1.807) is 13.2 Å². The van der Waals surface area contributed by atoms with Gasteiger partial charge in [0.05, 0.1) is 7.11 Å². The molecule has 0 saturated heterocycles. The molecule has 0 fully saturated rings. The maximum Gasteiger partial charge on any atom is 0.255 e. The summed E-state index contributed by atoms with van der Waals surface area (Å²) in [5, 5.41) is 4.02. The van der Waals surface area contributed by atoms with Crippen LogP contribution < -0.4 is 20.5 Å². The summed E-state index contributed by atoms with van der Waals surface area (Å²) in [6.07, 6.45) is 0. The molecule has 2 aromatic carbocycles. The molecule has 0 aliphatic heterocycles. The topological polar surface area (TPSA) is 73.6 Å². The number of hydrogen-bond donors (Lipinski definition) is 2. The van der Waals surface area contributed by atoms with Crippen LogP contribution in [0, 0.1) is 0 Å². The molecule has 2 rings (SSSR count). The zero-order chi connectivity index (χ0) is 16.7. The van der Waals surface area contributed by atoms with Gasteiger partial charge in [0, 0.05) is 23.7 Å². The molecule has 0 bridgehead atoms. The fraction of sp³-hybridized carbons (Fsp3) is 0.235. The third-order valence-corrected chi connectivity index (χ3v) is 3.60. The van der Waals surface area contributed by atoms with E-state index >= 15 is 0 Å². The first-order chi connectivity index (χ1) is 11.1. The van der Waals surface area contributed by atoms with E-state index in [1.165, 1.54) is 0 Å². The zero-order valence-electron chi connectivity index (χ0n) is 13.3. The van der Waals surface area contributed by atoms with Gasteiger partial charge in [0.15, 0.2) is 18.1 Å². The van der Waals surface area contributed by atoms with Crippen LogP contribution in [0.2, 0.25) is 5.02 Å². The number of ether oxygens (including phenoxy) is 2. The van der Waals surface area contributed by atoms with Gasteiger partial charge >= 0.3 is 0 Å². The second-order valence-corrected chi connectivity index (χ2v) is 5.31. The molecule has 24 heavy (non-hydrogen) atoms. The highest BCUT2D eigenvalue weighted by atomic mass is 35.5. The van der Waals surface area contributed by atoms with E-state index in [0.717, 1.165) is 16.1 Å². The lowest BCUT2D eigenvalue weighted by atomic mass is 10.1. The van der Waals surface area contributed by atoms with Crippen molar-refractivity contribution < 1.29 is 14.3 Å². The summed E-state index contributed by atoms with van der Waals surface area (Å²) >= 11 is 6.13. The van der Waals surface area contributed by atoms with Gasteiger partial charge in [0.25, 0.3) is 5.91 Å². The molecule has 0 saturated carbocycles. The number of rotatable bonds is 8. The summed E-state index contributed by atoms with van der Waals surface area (Å²) < 4.78 is 10.8. The van der Waals surface area contributed by atoms with E-state index in [-0.39, 0.29) is 19.0 Å². The third kappa shape index (κ3) is 5.60. The lowest BCUT2D eigenvalue weighted by Crippen LogP contribution is -2.21. The van der Waals surface area contributed by atoms with Crippen molar-refractivity contribution in [2.45, 2.75) is 13.1 Å². The first-order valence-electron chi connectivity index (χ1n) is 7.13. The molecular weight excluding hydrogens is 351 g/mol. The van der Waals surface area contributed by atoms with Crippen molar-refractivity contribution in [2.75, 3.05) is 13.7 Å². The predicted octanol–water partition coefficient (Wildman–Crippen LogP) is 2.92. The second kappa shape index (κ2) is 10.0. The molecule has 0 aliphatic carbocycles. The second-order valence-electron chi connectivity index (χ2n) is 4.90. The molecule has 0 spiro atoms. The molecule has 130 valence electrons. The quantitative estimate of drug-likeness (QED) is 0.748. The van der Waals surface area contributed by atoms with Crippen LogP contribution in [0.1, 0.15) is 11.1 Å². The average molecular weight is 371 g/mol. The lowest BCUT2D eigenvalue weighted by molar-refractivity contribution is -0.119. The van der Waals surface area contributed by atoms with Crippen LogP contribution in [-0.2, 0) is 17.9 Å². The van der Waals surface area contributed by atoms with Gasteiger partial charge in [0.2, 0.25) is 0 Å². The Hall–Kier alpha value is -1.95. The number of carbonyl (C=O) groups is 1. The normalized spacial score (nSPS) is 9.92. The largest absolute Gasteiger partial charge is 0.493 e. The van der Waals surface area contributed by atoms with Crippen LogP contribution >= 0.6 is 24.0 Å². The molecule has 2 aromatic rings. The molecule has 0 heterocycles. The van der Waals surface area contributed by atoms with E-state index in [9.17, 15) is 4.79 Å². The Kier molecular flexibility index (Phi) is 8.40.